The van der Waals surface area contributed by atoms with Crippen LogP contribution >= 0.6 is 0 Å². The molecule has 146 valence electrons. The number of carbonyl (C=O) groups excluding carboxylic acids is 2. The van der Waals surface area contributed by atoms with Crippen molar-refractivity contribution >= 4 is 29.4 Å². The number of fused-ring (bicyclic) bond motifs is 3. The summed E-state index contributed by atoms with van der Waals surface area (Å²) >= 11 is 0. The molecule has 0 spiro atoms. The highest BCUT2D eigenvalue weighted by Gasteiger charge is 2.52. The molecule has 1 N–H and O–H groups in total. The van der Waals surface area contributed by atoms with Gasteiger partial charge in [0, 0.05) is 26.3 Å². The molecule has 1 saturated heterocycles. The lowest BCUT2D eigenvalue weighted by atomic mass is 10.1. The minimum atomic E-state index is -0.574. The van der Waals surface area contributed by atoms with Crippen LogP contribution in [0.4, 0.5) is 16.4 Å². The molecular weight excluding hydrogens is 356 g/mol. The van der Waals surface area contributed by atoms with Crippen molar-refractivity contribution in [1.82, 2.24) is 14.4 Å². The van der Waals surface area contributed by atoms with Gasteiger partial charge in [-0.05, 0) is 44.0 Å². The molecule has 4 rings (SSSR count). The molecule has 3 heterocycles. The van der Waals surface area contributed by atoms with Crippen molar-refractivity contribution in [2.75, 3.05) is 26.0 Å². The Morgan fingerprint density at radius 1 is 1.07 bits per heavy atom. The number of likely N-dealkylation sites (N-methyl/N-ethyl adjacent to an activating group) is 2. The number of anilines is 1. The monoisotopic (exact) mass is 381 g/mol. The molecule has 1 unspecified atom stereocenters. The summed E-state index contributed by atoms with van der Waals surface area (Å²) in [5.41, 5.74) is 4.56. The van der Waals surface area contributed by atoms with Gasteiger partial charge >= 0.3 is 12.0 Å². The molecule has 1 aromatic carbocycles. The number of amides is 3. The van der Waals surface area contributed by atoms with Gasteiger partial charge in [-0.25, -0.2) is 13.9 Å². The van der Waals surface area contributed by atoms with Crippen molar-refractivity contribution < 1.29 is 14.2 Å². The molecule has 8 heteroatoms. The van der Waals surface area contributed by atoms with Crippen LogP contribution in [0.1, 0.15) is 22.9 Å². The van der Waals surface area contributed by atoms with Crippen LogP contribution in [0, 0.1) is 20.8 Å². The molecule has 2 aromatic rings. The number of aliphatic imine (C=N–C) groups is 1. The second-order valence-electron chi connectivity index (χ2n) is 7.54. The number of aromatic nitrogens is 2. The normalized spacial score (nSPS) is 18.3. The smallest absolute Gasteiger partial charge is 0.382 e. The van der Waals surface area contributed by atoms with Gasteiger partial charge in [0.25, 0.3) is 5.91 Å². The minimum Gasteiger partial charge on any atom is -0.382 e. The molecule has 2 aliphatic heterocycles. The number of nitrogens with one attached hydrogen (secondary N) is 1. The molecule has 1 atom stereocenters. The molecule has 28 heavy (non-hydrogen) atoms. The third-order valence-electron chi connectivity index (χ3n) is 5.33. The maximum absolute atomic E-state index is 12.7. The zero-order chi connectivity index (χ0) is 20.2. The van der Waals surface area contributed by atoms with E-state index in [-0.39, 0.29) is 11.9 Å². The van der Waals surface area contributed by atoms with E-state index in [2.05, 4.69) is 46.9 Å². The van der Waals surface area contributed by atoms with Crippen molar-refractivity contribution in [2.45, 2.75) is 33.4 Å². The van der Waals surface area contributed by atoms with Gasteiger partial charge in [-0.1, -0.05) is 11.1 Å². The molecular formula is C20H25N6O2+. The minimum absolute atomic E-state index is 0.254. The average molecular weight is 381 g/mol. The fourth-order valence-electron chi connectivity index (χ4n) is 3.98. The number of rotatable bonds is 4. The van der Waals surface area contributed by atoms with E-state index in [0.29, 0.717) is 18.3 Å². The standard InChI is InChI=1S/C20H25N6O2/c1-12-8-13(2)10-15(9-12)21-6-7-25-14(3)11-26-16-17(22-19(25)26)23(4)20(28)24(5)18(16)27/h8-11,16,21H,6-7H2,1-5H3/q+1. The van der Waals surface area contributed by atoms with Gasteiger partial charge in [-0.15, -0.1) is 0 Å². The number of hydrogen-bond donors (Lipinski definition) is 1. The Bertz CT molecular complexity index is 1000. The van der Waals surface area contributed by atoms with Gasteiger partial charge in [0.2, 0.25) is 11.9 Å². The van der Waals surface area contributed by atoms with Crippen molar-refractivity contribution in [2.24, 2.45) is 4.99 Å². The third-order valence-corrected chi connectivity index (χ3v) is 5.33. The van der Waals surface area contributed by atoms with Crippen molar-refractivity contribution in [1.29, 1.82) is 0 Å². The number of hydrogen-bond acceptors (Lipinski definition) is 4. The predicted molar refractivity (Wildman–Crippen MR) is 106 cm³/mol. The average Bonchev–Trinajstić information content (AvgIpc) is 3.13. The first-order valence-electron chi connectivity index (χ1n) is 9.35. The van der Waals surface area contributed by atoms with E-state index in [9.17, 15) is 9.59 Å². The van der Waals surface area contributed by atoms with Gasteiger partial charge in [0.1, 0.15) is 11.9 Å². The lowest BCUT2D eigenvalue weighted by molar-refractivity contribution is -0.677. The van der Waals surface area contributed by atoms with Crippen molar-refractivity contribution in [3.8, 4) is 0 Å². The number of nitrogens with zero attached hydrogens (tertiary/aromatic N) is 5. The number of imide groups is 1. The fourth-order valence-corrected chi connectivity index (χ4v) is 3.98. The topological polar surface area (TPSA) is 73.8 Å². The lowest BCUT2D eigenvalue weighted by Gasteiger charge is -2.30. The molecule has 0 bridgehead atoms. The van der Waals surface area contributed by atoms with Crippen LogP contribution in [0.2, 0.25) is 0 Å². The molecule has 8 nitrogen and oxygen atoms in total. The number of carbonyl (C=O) groups is 2. The quantitative estimate of drug-likeness (QED) is 0.823. The van der Waals surface area contributed by atoms with Crippen LogP contribution in [0.15, 0.2) is 29.4 Å². The summed E-state index contributed by atoms with van der Waals surface area (Å²) in [6.45, 7) is 7.60. The Hall–Kier alpha value is -3.16. The first kappa shape index (κ1) is 18.2. The largest absolute Gasteiger partial charge is 0.401 e. The Balaban J connectivity index is 1.58. The maximum Gasteiger partial charge on any atom is 0.401 e. The first-order chi connectivity index (χ1) is 13.3. The fraction of sp³-hybridized carbons (Fsp3) is 0.400. The summed E-state index contributed by atoms with van der Waals surface area (Å²) < 4.78 is 3.94. The van der Waals surface area contributed by atoms with E-state index in [4.69, 9.17) is 0 Å². The molecule has 0 radical (unpaired) electrons. The van der Waals surface area contributed by atoms with Crippen LogP contribution in [0.3, 0.4) is 0 Å². The van der Waals surface area contributed by atoms with Crippen LogP contribution in [-0.4, -0.2) is 52.8 Å². The summed E-state index contributed by atoms with van der Waals surface area (Å²) in [6.07, 6.45) is 1.93. The highest BCUT2D eigenvalue weighted by Crippen LogP contribution is 2.28. The molecule has 1 fully saturated rings. The number of amidine groups is 1. The van der Waals surface area contributed by atoms with E-state index >= 15 is 0 Å². The molecule has 0 saturated carbocycles. The lowest BCUT2D eigenvalue weighted by Crippen LogP contribution is -2.61. The molecule has 2 aliphatic rings. The summed E-state index contributed by atoms with van der Waals surface area (Å²) in [4.78, 5) is 32.1. The third kappa shape index (κ3) is 2.76. The highest BCUT2D eigenvalue weighted by molar-refractivity contribution is 6.18. The summed E-state index contributed by atoms with van der Waals surface area (Å²) in [7, 11) is 3.16. The Morgan fingerprint density at radius 3 is 2.43 bits per heavy atom. The second-order valence-corrected chi connectivity index (χ2v) is 7.54. The number of aryl methyl sites for hydroxylation is 3. The van der Waals surface area contributed by atoms with Gasteiger partial charge in [0.15, 0.2) is 0 Å². The van der Waals surface area contributed by atoms with E-state index in [1.165, 1.54) is 23.1 Å². The van der Waals surface area contributed by atoms with Crippen LogP contribution < -0.4 is 9.88 Å². The van der Waals surface area contributed by atoms with Crippen LogP contribution in [0.25, 0.3) is 0 Å². The molecule has 3 amide bonds. The summed E-state index contributed by atoms with van der Waals surface area (Å²) in [5.74, 6) is 0.929. The zero-order valence-electron chi connectivity index (χ0n) is 16.9. The van der Waals surface area contributed by atoms with E-state index in [1.54, 1.807) is 7.05 Å². The van der Waals surface area contributed by atoms with Crippen molar-refractivity contribution in [3.63, 3.8) is 0 Å². The molecule has 0 aliphatic carbocycles. The predicted octanol–water partition coefficient (Wildman–Crippen LogP) is 1.92. The first-order valence-corrected chi connectivity index (χ1v) is 9.35. The second kappa shape index (κ2) is 6.47. The highest BCUT2D eigenvalue weighted by atomic mass is 16.2. The Labute approximate surface area is 164 Å². The summed E-state index contributed by atoms with van der Waals surface area (Å²) in [6, 6.07) is 5.46. The number of urea groups is 1. The van der Waals surface area contributed by atoms with E-state index in [1.807, 2.05) is 17.7 Å². The van der Waals surface area contributed by atoms with Gasteiger partial charge in [0.05, 0.1) is 6.54 Å². The Kier molecular flexibility index (Phi) is 4.21. The van der Waals surface area contributed by atoms with E-state index in [0.717, 1.165) is 22.8 Å². The van der Waals surface area contributed by atoms with Gasteiger partial charge in [-0.2, -0.15) is 0 Å². The van der Waals surface area contributed by atoms with Gasteiger partial charge < -0.3 is 5.32 Å². The van der Waals surface area contributed by atoms with Crippen molar-refractivity contribution in [3.05, 3.63) is 41.2 Å². The Morgan fingerprint density at radius 2 is 1.75 bits per heavy atom. The van der Waals surface area contributed by atoms with Crippen LogP contribution in [-0.2, 0) is 11.3 Å². The van der Waals surface area contributed by atoms with E-state index < -0.39 is 6.04 Å². The van der Waals surface area contributed by atoms with Crippen LogP contribution in [0.5, 0.6) is 0 Å². The zero-order valence-corrected chi connectivity index (χ0v) is 16.9. The van der Waals surface area contributed by atoms with Gasteiger partial charge in [-0.3, -0.25) is 14.6 Å². The summed E-state index contributed by atoms with van der Waals surface area (Å²) in [5, 5.41) is 3.46. The number of benzene rings is 1. The number of imidazole rings is 1. The maximum atomic E-state index is 12.7. The molecule has 1 aromatic heterocycles. The SMILES string of the molecule is Cc1cc(C)cc(NCCn2c(C)c[n+]3c2N=C2C3C(=O)N(C)C(=O)N2C)c1.